The van der Waals surface area contributed by atoms with Crippen LogP contribution < -0.4 is 4.74 Å². The number of amides is 1. The normalized spacial score (nSPS) is 10.3. The summed E-state index contributed by atoms with van der Waals surface area (Å²) in [6.45, 7) is 2.76. The third-order valence-electron chi connectivity index (χ3n) is 3.60. The van der Waals surface area contributed by atoms with Crippen LogP contribution in [0.5, 0.6) is 5.75 Å². The zero-order valence-corrected chi connectivity index (χ0v) is 14.1. The molecule has 2 aromatic carbocycles. The second kappa shape index (κ2) is 7.79. The average Bonchev–Trinajstić information content (AvgIpc) is 2.59. The average molecular weight is 349 g/mol. The molecule has 0 saturated carbocycles. The van der Waals surface area contributed by atoms with Crippen LogP contribution in [0.3, 0.4) is 0 Å². The number of hydrogen-bond donors (Lipinski definition) is 0. The van der Waals surface area contributed by atoms with Gasteiger partial charge < -0.3 is 9.64 Å². The Kier molecular flexibility index (Phi) is 5.76. The van der Waals surface area contributed by atoms with E-state index in [1.807, 2.05) is 31.2 Å². The smallest absolute Gasteiger partial charge is 0.270 e. The zero-order chi connectivity index (χ0) is 17.7. The topological polar surface area (TPSA) is 72.7 Å². The zero-order valence-electron chi connectivity index (χ0n) is 13.4. The van der Waals surface area contributed by atoms with Crippen molar-refractivity contribution in [2.45, 2.75) is 13.5 Å². The maximum absolute atomic E-state index is 12.7. The fourth-order valence-electron chi connectivity index (χ4n) is 2.24. The molecule has 0 fully saturated rings. The molecule has 0 N–H and O–H groups in total. The third kappa shape index (κ3) is 4.02. The van der Waals surface area contributed by atoms with Crippen molar-refractivity contribution in [3.63, 3.8) is 0 Å². The summed E-state index contributed by atoms with van der Waals surface area (Å²) in [5, 5.41) is 10.8. The quantitative estimate of drug-likeness (QED) is 0.586. The molecule has 2 aromatic rings. The summed E-state index contributed by atoms with van der Waals surface area (Å²) in [5.41, 5.74) is 1.05. The van der Waals surface area contributed by atoms with E-state index in [0.717, 1.165) is 11.3 Å². The van der Waals surface area contributed by atoms with Gasteiger partial charge in [-0.15, -0.1) is 0 Å². The van der Waals surface area contributed by atoms with Gasteiger partial charge in [0.15, 0.2) is 0 Å². The number of ether oxygens (including phenoxy) is 1. The number of nitrogens with zero attached hydrogens (tertiary/aromatic N) is 2. The van der Waals surface area contributed by atoms with Crippen molar-refractivity contribution in [3.8, 4) is 5.75 Å². The second-order valence-electron chi connectivity index (χ2n) is 5.09. The monoisotopic (exact) mass is 348 g/mol. The summed E-state index contributed by atoms with van der Waals surface area (Å²) in [4.78, 5) is 24.5. The van der Waals surface area contributed by atoms with E-state index in [9.17, 15) is 14.9 Å². The molecule has 0 unspecified atom stereocenters. The lowest BCUT2D eigenvalue weighted by Crippen LogP contribution is -2.30. The number of rotatable bonds is 6. The molecule has 126 valence electrons. The van der Waals surface area contributed by atoms with E-state index in [-0.39, 0.29) is 22.2 Å². The number of nitro benzene ring substituents is 1. The summed E-state index contributed by atoms with van der Waals surface area (Å²) in [5.74, 6) is 0.472. The molecule has 1 amide bonds. The minimum atomic E-state index is -0.547. The van der Waals surface area contributed by atoms with Crippen LogP contribution in [0, 0.1) is 10.1 Å². The first-order valence-electron chi connectivity index (χ1n) is 7.32. The summed E-state index contributed by atoms with van der Waals surface area (Å²) >= 11 is 6.04. The fraction of sp³-hybridized carbons (Fsp3) is 0.235. The molecule has 2 rings (SSSR count). The van der Waals surface area contributed by atoms with Gasteiger partial charge in [-0.05, 0) is 30.7 Å². The van der Waals surface area contributed by atoms with E-state index in [2.05, 4.69) is 0 Å². The number of carbonyl (C=O) groups excluding carboxylic acids is 1. The van der Waals surface area contributed by atoms with Gasteiger partial charge in [-0.3, -0.25) is 14.9 Å². The number of nitro groups is 1. The molecule has 0 aliphatic heterocycles. The Balaban J connectivity index is 2.20. The highest BCUT2D eigenvalue weighted by atomic mass is 35.5. The molecule has 0 spiro atoms. The SMILES string of the molecule is CCN(Cc1ccc(OC)cc1)C(=O)c1ccc([N+](=O)[O-])cc1Cl. The van der Waals surface area contributed by atoms with Gasteiger partial charge in [0.25, 0.3) is 11.6 Å². The van der Waals surface area contributed by atoms with E-state index >= 15 is 0 Å². The Morgan fingerprint density at radius 1 is 1.25 bits per heavy atom. The number of carbonyl (C=O) groups is 1. The van der Waals surface area contributed by atoms with Crippen LogP contribution in [0.4, 0.5) is 5.69 Å². The Labute approximate surface area is 144 Å². The van der Waals surface area contributed by atoms with Gasteiger partial charge >= 0.3 is 0 Å². The minimum absolute atomic E-state index is 0.0716. The van der Waals surface area contributed by atoms with Crippen LogP contribution in [-0.2, 0) is 6.54 Å². The maximum Gasteiger partial charge on any atom is 0.270 e. The lowest BCUT2D eigenvalue weighted by Gasteiger charge is -2.21. The van der Waals surface area contributed by atoms with Crippen LogP contribution in [0.25, 0.3) is 0 Å². The molecule has 0 radical (unpaired) electrons. The molecule has 0 saturated heterocycles. The molecule has 24 heavy (non-hydrogen) atoms. The highest BCUT2D eigenvalue weighted by Crippen LogP contribution is 2.24. The van der Waals surface area contributed by atoms with E-state index in [0.29, 0.717) is 13.1 Å². The van der Waals surface area contributed by atoms with Gasteiger partial charge in [0.1, 0.15) is 5.75 Å². The molecular weight excluding hydrogens is 332 g/mol. The van der Waals surface area contributed by atoms with Gasteiger partial charge in [-0.25, -0.2) is 0 Å². The van der Waals surface area contributed by atoms with E-state index in [4.69, 9.17) is 16.3 Å². The first-order chi connectivity index (χ1) is 11.5. The summed E-state index contributed by atoms with van der Waals surface area (Å²) in [6.07, 6.45) is 0. The lowest BCUT2D eigenvalue weighted by molar-refractivity contribution is -0.384. The lowest BCUT2D eigenvalue weighted by atomic mass is 10.1. The van der Waals surface area contributed by atoms with Gasteiger partial charge in [-0.1, -0.05) is 23.7 Å². The Hall–Kier alpha value is -2.60. The molecule has 0 heterocycles. The van der Waals surface area contributed by atoms with Crippen molar-refractivity contribution in [1.82, 2.24) is 4.90 Å². The summed E-state index contributed by atoms with van der Waals surface area (Å²) < 4.78 is 5.11. The van der Waals surface area contributed by atoms with E-state index in [1.54, 1.807) is 12.0 Å². The largest absolute Gasteiger partial charge is 0.497 e. The minimum Gasteiger partial charge on any atom is -0.497 e. The van der Waals surface area contributed by atoms with Crippen LogP contribution in [0.2, 0.25) is 5.02 Å². The number of benzene rings is 2. The van der Waals surface area contributed by atoms with Gasteiger partial charge in [0, 0.05) is 25.2 Å². The second-order valence-corrected chi connectivity index (χ2v) is 5.50. The van der Waals surface area contributed by atoms with E-state index in [1.165, 1.54) is 18.2 Å². The van der Waals surface area contributed by atoms with Crippen molar-refractivity contribution in [2.24, 2.45) is 0 Å². The first kappa shape index (κ1) is 17.7. The van der Waals surface area contributed by atoms with Crippen LogP contribution >= 0.6 is 11.6 Å². The number of hydrogen-bond acceptors (Lipinski definition) is 4. The van der Waals surface area contributed by atoms with Crippen molar-refractivity contribution in [2.75, 3.05) is 13.7 Å². The highest BCUT2D eigenvalue weighted by molar-refractivity contribution is 6.34. The molecule has 0 aromatic heterocycles. The highest BCUT2D eigenvalue weighted by Gasteiger charge is 2.19. The van der Waals surface area contributed by atoms with Crippen molar-refractivity contribution >= 4 is 23.2 Å². The summed E-state index contributed by atoms with van der Waals surface area (Å²) in [6, 6.07) is 11.3. The van der Waals surface area contributed by atoms with Gasteiger partial charge in [-0.2, -0.15) is 0 Å². The summed E-state index contributed by atoms with van der Waals surface area (Å²) in [7, 11) is 1.59. The molecule has 0 bridgehead atoms. The molecule has 6 nitrogen and oxygen atoms in total. The van der Waals surface area contributed by atoms with Gasteiger partial charge in [0.05, 0.1) is 22.6 Å². The molecule has 0 aliphatic carbocycles. The number of methoxy groups -OCH3 is 1. The van der Waals surface area contributed by atoms with Crippen molar-refractivity contribution in [1.29, 1.82) is 0 Å². The van der Waals surface area contributed by atoms with Crippen LogP contribution in [0.1, 0.15) is 22.8 Å². The van der Waals surface area contributed by atoms with Crippen LogP contribution in [0.15, 0.2) is 42.5 Å². The Morgan fingerprint density at radius 2 is 1.92 bits per heavy atom. The maximum atomic E-state index is 12.7. The number of non-ortho nitro benzene ring substituents is 1. The van der Waals surface area contributed by atoms with Crippen molar-refractivity contribution < 1.29 is 14.5 Å². The molecule has 0 aliphatic rings. The predicted octanol–water partition coefficient (Wildman–Crippen LogP) is 3.92. The molecule has 0 atom stereocenters. The van der Waals surface area contributed by atoms with Crippen LogP contribution in [-0.4, -0.2) is 29.4 Å². The standard InChI is InChI=1S/C17H17ClN2O4/c1-3-19(11-12-4-7-14(24-2)8-5-12)17(21)15-9-6-13(20(22)23)10-16(15)18/h4-10H,3,11H2,1-2H3. The van der Waals surface area contributed by atoms with E-state index < -0.39 is 4.92 Å². The molecular formula is C17H17ClN2O4. The first-order valence-corrected chi connectivity index (χ1v) is 7.70. The van der Waals surface area contributed by atoms with Crippen molar-refractivity contribution in [3.05, 3.63) is 68.7 Å². The molecule has 7 heteroatoms. The Bertz CT molecular complexity index is 747. The Morgan fingerprint density at radius 3 is 2.42 bits per heavy atom. The fourth-order valence-corrected chi connectivity index (χ4v) is 2.50. The third-order valence-corrected chi connectivity index (χ3v) is 3.91. The van der Waals surface area contributed by atoms with Gasteiger partial charge in [0.2, 0.25) is 0 Å². The predicted molar refractivity (Wildman–Crippen MR) is 91.5 cm³/mol. The number of halogens is 1.